The van der Waals surface area contributed by atoms with E-state index in [0.29, 0.717) is 5.92 Å². The number of halogens is 3. The first-order valence-corrected chi connectivity index (χ1v) is 10.6. The average Bonchev–Trinajstić information content (AvgIpc) is 2.71. The van der Waals surface area contributed by atoms with Gasteiger partial charge in [0, 0.05) is 19.6 Å². The highest BCUT2D eigenvalue weighted by atomic mass is 19.4. The number of hydrogen-bond acceptors (Lipinski definition) is 3. The minimum absolute atomic E-state index is 0.113. The van der Waals surface area contributed by atoms with E-state index in [0.717, 1.165) is 50.9 Å². The summed E-state index contributed by atoms with van der Waals surface area (Å²) < 4.78 is 43.1. The lowest BCUT2D eigenvalue weighted by Gasteiger charge is -2.34. The number of carbonyl (C=O) groups is 1. The highest BCUT2D eigenvalue weighted by molar-refractivity contribution is 5.70. The van der Waals surface area contributed by atoms with Crippen LogP contribution < -0.4 is 4.74 Å². The van der Waals surface area contributed by atoms with Gasteiger partial charge in [-0.15, -0.1) is 6.58 Å². The number of carbonyl (C=O) groups excluding carboxylic acids is 1. The van der Waals surface area contributed by atoms with Crippen molar-refractivity contribution in [1.29, 1.82) is 0 Å². The summed E-state index contributed by atoms with van der Waals surface area (Å²) in [4.78, 5) is 16.2. The molecule has 1 amide bonds. The number of benzene rings is 1. The molecule has 0 aromatic heterocycles. The van der Waals surface area contributed by atoms with Crippen molar-refractivity contribution in [3.05, 3.63) is 42.5 Å². The second kappa shape index (κ2) is 11.4. The fourth-order valence-corrected chi connectivity index (χ4v) is 3.98. The quantitative estimate of drug-likeness (QED) is 0.360. The van der Waals surface area contributed by atoms with E-state index in [9.17, 15) is 18.0 Å². The Labute approximate surface area is 177 Å². The molecule has 0 bridgehead atoms. The van der Waals surface area contributed by atoms with Gasteiger partial charge in [-0.1, -0.05) is 18.9 Å². The molecule has 4 nitrogen and oxygen atoms in total. The smallest absolute Gasteiger partial charge is 0.410 e. The monoisotopic (exact) mass is 426 g/mol. The summed E-state index contributed by atoms with van der Waals surface area (Å²) in [6, 6.07) is 4.31. The van der Waals surface area contributed by atoms with Crippen LogP contribution in [0, 0.1) is 5.92 Å². The average molecular weight is 427 g/mol. The van der Waals surface area contributed by atoms with E-state index in [-0.39, 0.29) is 11.8 Å². The van der Waals surface area contributed by atoms with Crippen molar-refractivity contribution < 1.29 is 22.7 Å². The van der Waals surface area contributed by atoms with Gasteiger partial charge in [0.15, 0.2) is 0 Å². The zero-order chi connectivity index (χ0) is 22.1. The molecule has 0 atom stereocenters. The Morgan fingerprint density at radius 1 is 1.13 bits per heavy atom. The largest absolute Gasteiger partial charge is 0.416 e. The fraction of sp³-hybridized carbons (Fsp3) is 0.609. The van der Waals surface area contributed by atoms with Crippen LogP contribution in [0.5, 0.6) is 5.75 Å². The van der Waals surface area contributed by atoms with Gasteiger partial charge < -0.3 is 14.5 Å². The normalized spacial score (nSPS) is 19.5. The summed E-state index contributed by atoms with van der Waals surface area (Å²) in [7, 11) is 3.80. The molecule has 0 saturated heterocycles. The summed E-state index contributed by atoms with van der Waals surface area (Å²) in [5.74, 6) is 0.820. The van der Waals surface area contributed by atoms with Gasteiger partial charge >= 0.3 is 12.3 Å². The Morgan fingerprint density at radius 3 is 2.33 bits per heavy atom. The molecule has 0 radical (unpaired) electrons. The summed E-state index contributed by atoms with van der Waals surface area (Å²) in [5.41, 5.74) is -0.763. The zero-order valence-electron chi connectivity index (χ0n) is 18.0. The van der Waals surface area contributed by atoms with E-state index in [1.807, 2.05) is 6.08 Å². The van der Waals surface area contributed by atoms with Crippen LogP contribution in [-0.4, -0.2) is 49.1 Å². The molecular weight excluding hydrogens is 393 g/mol. The van der Waals surface area contributed by atoms with Gasteiger partial charge in [0.1, 0.15) is 5.75 Å². The van der Waals surface area contributed by atoms with Gasteiger partial charge in [0.25, 0.3) is 0 Å². The minimum atomic E-state index is -4.40. The molecular formula is C23H33F3N2O2. The second-order valence-electron chi connectivity index (χ2n) is 8.22. The Morgan fingerprint density at radius 2 is 1.77 bits per heavy atom. The van der Waals surface area contributed by atoms with Crippen molar-refractivity contribution in [3.8, 4) is 5.75 Å². The maximum Gasteiger partial charge on any atom is 0.416 e. The summed E-state index contributed by atoms with van der Waals surface area (Å²) in [5, 5.41) is 0. The van der Waals surface area contributed by atoms with Crippen LogP contribution in [0.15, 0.2) is 36.9 Å². The molecule has 1 aliphatic carbocycles. The zero-order valence-corrected chi connectivity index (χ0v) is 18.0. The third-order valence-corrected chi connectivity index (χ3v) is 5.88. The van der Waals surface area contributed by atoms with E-state index in [2.05, 4.69) is 18.5 Å². The third-order valence-electron chi connectivity index (χ3n) is 5.88. The minimum Gasteiger partial charge on any atom is -0.410 e. The number of hydrogen-bond donors (Lipinski definition) is 0. The van der Waals surface area contributed by atoms with E-state index in [4.69, 9.17) is 4.74 Å². The first-order chi connectivity index (χ1) is 14.2. The molecule has 0 unspecified atom stereocenters. The standard InChI is InChI=1S/C23H33F3N2O2/c1-4-16-27(2)17-6-5-7-18-8-12-20(13-9-18)28(3)22(29)30-21-14-10-19(11-15-21)23(24,25)26/h4,10-11,14-15,18,20H,1,5-9,12-13,16-17H2,2-3H3/t18-,20-. The van der Waals surface area contributed by atoms with Crippen molar-refractivity contribution >= 4 is 6.09 Å². The molecule has 0 N–H and O–H groups in total. The molecule has 30 heavy (non-hydrogen) atoms. The van der Waals surface area contributed by atoms with Crippen molar-refractivity contribution in [2.24, 2.45) is 5.92 Å². The Kier molecular flexibility index (Phi) is 9.21. The predicted octanol–water partition coefficient (Wildman–Crippen LogP) is 5.98. The Hall–Kier alpha value is -2.02. The molecule has 1 aromatic carbocycles. The van der Waals surface area contributed by atoms with Crippen molar-refractivity contribution in [2.45, 2.75) is 57.2 Å². The van der Waals surface area contributed by atoms with Crippen molar-refractivity contribution in [3.63, 3.8) is 0 Å². The Bertz CT molecular complexity index is 668. The molecule has 1 aromatic rings. The third kappa shape index (κ3) is 7.67. The maximum atomic E-state index is 12.6. The first kappa shape index (κ1) is 24.3. The molecule has 1 fully saturated rings. The molecule has 2 rings (SSSR count). The molecule has 7 heteroatoms. The lowest BCUT2D eigenvalue weighted by Crippen LogP contribution is -2.41. The van der Waals surface area contributed by atoms with Gasteiger partial charge in [-0.2, -0.15) is 13.2 Å². The van der Waals surface area contributed by atoms with E-state index >= 15 is 0 Å². The topological polar surface area (TPSA) is 32.8 Å². The lowest BCUT2D eigenvalue weighted by atomic mass is 9.82. The van der Waals surface area contributed by atoms with Crippen LogP contribution >= 0.6 is 0 Å². The van der Waals surface area contributed by atoms with Gasteiger partial charge in [0.2, 0.25) is 0 Å². The van der Waals surface area contributed by atoms with Crippen LogP contribution in [0.1, 0.15) is 50.5 Å². The van der Waals surface area contributed by atoms with E-state index < -0.39 is 17.8 Å². The number of unbranched alkanes of at least 4 members (excludes halogenated alkanes) is 1. The second-order valence-corrected chi connectivity index (χ2v) is 8.22. The molecule has 168 valence electrons. The number of nitrogens with zero attached hydrogens (tertiary/aromatic N) is 2. The molecule has 1 aliphatic rings. The number of amides is 1. The highest BCUT2D eigenvalue weighted by Gasteiger charge is 2.31. The maximum absolute atomic E-state index is 12.6. The van der Waals surface area contributed by atoms with Gasteiger partial charge in [0.05, 0.1) is 5.56 Å². The summed E-state index contributed by atoms with van der Waals surface area (Å²) in [6.45, 7) is 5.75. The van der Waals surface area contributed by atoms with E-state index in [1.54, 1.807) is 11.9 Å². The van der Waals surface area contributed by atoms with Gasteiger partial charge in [-0.05, 0) is 75.9 Å². The molecule has 0 aliphatic heterocycles. The van der Waals surface area contributed by atoms with Crippen molar-refractivity contribution in [2.75, 3.05) is 27.2 Å². The summed E-state index contributed by atoms with van der Waals surface area (Å²) in [6.07, 6.45) is 4.64. The highest BCUT2D eigenvalue weighted by Crippen LogP contribution is 2.32. The summed E-state index contributed by atoms with van der Waals surface area (Å²) >= 11 is 0. The number of alkyl halides is 3. The van der Waals surface area contributed by atoms with Crippen LogP contribution in [0.2, 0.25) is 0 Å². The number of ether oxygens (including phenoxy) is 1. The Balaban J connectivity index is 1.71. The fourth-order valence-electron chi connectivity index (χ4n) is 3.98. The van der Waals surface area contributed by atoms with Crippen LogP contribution in [0.4, 0.5) is 18.0 Å². The molecule has 0 heterocycles. The van der Waals surface area contributed by atoms with E-state index in [1.165, 1.54) is 31.4 Å². The number of likely N-dealkylation sites (N-methyl/N-ethyl adjacent to an activating group) is 1. The van der Waals surface area contributed by atoms with Gasteiger partial charge in [-0.25, -0.2) is 4.79 Å². The SMILES string of the molecule is C=CCN(C)CCCC[C@H]1CC[C@H](N(C)C(=O)Oc2ccc(C(F)(F)F)cc2)CC1. The molecule has 1 saturated carbocycles. The first-order valence-electron chi connectivity index (χ1n) is 10.6. The van der Waals surface area contributed by atoms with Crippen molar-refractivity contribution in [1.82, 2.24) is 9.80 Å². The van der Waals surface area contributed by atoms with Crippen LogP contribution in [0.3, 0.4) is 0 Å². The van der Waals surface area contributed by atoms with Crippen LogP contribution in [-0.2, 0) is 6.18 Å². The van der Waals surface area contributed by atoms with Gasteiger partial charge in [-0.3, -0.25) is 0 Å². The molecule has 0 spiro atoms. The van der Waals surface area contributed by atoms with Crippen LogP contribution in [0.25, 0.3) is 0 Å². The lowest BCUT2D eigenvalue weighted by molar-refractivity contribution is -0.137. The number of rotatable bonds is 9. The predicted molar refractivity (Wildman–Crippen MR) is 113 cm³/mol.